The molecular weight excluding hydrogens is 473 g/mol. The molecule has 0 spiro atoms. The Morgan fingerprint density at radius 2 is 1.97 bits per heavy atom. The fourth-order valence-electron chi connectivity index (χ4n) is 4.06. The Balaban J connectivity index is 0.00000106. The predicted molar refractivity (Wildman–Crippen MR) is 134 cm³/mol. The van der Waals surface area contributed by atoms with Crippen molar-refractivity contribution >= 4 is 12.1 Å². The molecule has 1 aliphatic heterocycles. The van der Waals surface area contributed by atoms with Crippen molar-refractivity contribution in [2.75, 3.05) is 38.7 Å². The van der Waals surface area contributed by atoms with Gasteiger partial charge in [-0.3, -0.25) is 0 Å². The Morgan fingerprint density at radius 1 is 1.22 bits per heavy atom. The van der Waals surface area contributed by atoms with Crippen molar-refractivity contribution in [3.63, 3.8) is 0 Å². The number of rotatable bonds is 10. The van der Waals surface area contributed by atoms with Crippen LogP contribution in [0.15, 0.2) is 24.3 Å². The van der Waals surface area contributed by atoms with E-state index >= 15 is 0 Å². The van der Waals surface area contributed by atoms with Gasteiger partial charge in [0, 0.05) is 38.3 Å². The van der Waals surface area contributed by atoms with E-state index in [1.807, 2.05) is 6.92 Å². The first-order valence-corrected chi connectivity index (χ1v) is 12.4. The number of hydrogen-bond acceptors (Lipinski definition) is 7. The Hall–Kier alpha value is -2.72. The minimum atomic E-state index is -4.52. The smallest absolute Gasteiger partial charge is 0.416 e. The summed E-state index contributed by atoms with van der Waals surface area (Å²) in [7, 11) is 1.68. The number of likely N-dealkylation sites (tertiary alicyclic amines) is 1. The van der Waals surface area contributed by atoms with Crippen LogP contribution in [-0.4, -0.2) is 65.9 Å². The summed E-state index contributed by atoms with van der Waals surface area (Å²) >= 11 is 0. The van der Waals surface area contributed by atoms with E-state index < -0.39 is 17.5 Å². The molecule has 2 aromatic rings. The molecule has 2 N–H and O–H groups in total. The molecule has 1 aliphatic rings. The average molecular weight is 511 g/mol. The number of nitrogens with one attached hydrogen (secondary N) is 1. The van der Waals surface area contributed by atoms with Crippen LogP contribution in [0.25, 0.3) is 11.3 Å². The van der Waals surface area contributed by atoms with Gasteiger partial charge in [0.25, 0.3) is 0 Å². The Bertz CT molecular complexity index is 955. The number of piperidine rings is 1. The van der Waals surface area contributed by atoms with Gasteiger partial charge in [0.2, 0.25) is 0 Å². The third kappa shape index (κ3) is 9.39. The molecule has 0 saturated carbocycles. The standard InChI is InChI=1S/C23H29F3N4O2.C3H8O/c1-16-13-21(27-18-7-6-11-30(15-18)10-4-2-3-5-12-31)28-29-22(16)19-9-8-17(14-20(19)32)23(24,25)26;1-3-4-2/h8-9,12-14,18,32H,2-7,10-11,15H2,1H3,(H,27,28);3H2,1-2H3. The monoisotopic (exact) mass is 510 g/mol. The molecule has 0 amide bonds. The first kappa shape index (κ1) is 29.5. The van der Waals surface area contributed by atoms with Crippen molar-refractivity contribution in [3.8, 4) is 17.0 Å². The molecule has 200 valence electrons. The first-order chi connectivity index (χ1) is 17.2. The van der Waals surface area contributed by atoms with E-state index in [2.05, 4.69) is 25.2 Å². The van der Waals surface area contributed by atoms with Gasteiger partial charge in [0.15, 0.2) is 0 Å². The lowest BCUT2D eigenvalue weighted by atomic mass is 10.0. The van der Waals surface area contributed by atoms with E-state index in [0.29, 0.717) is 29.6 Å². The number of anilines is 1. The number of unbranched alkanes of at least 4 members (excludes halogenated alkanes) is 3. The van der Waals surface area contributed by atoms with Gasteiger partial charge in [0.05, 0.1) is 11.3 Å². The number of alkyl halides is 3. The summed E-state index contributed by atoms with van der Waals surface area (Å²) < 4.78 is 43.1. The summed E-state index contributed by atoms with van der Waals surface area (Å²) in [4.78, 5) is 12.8. The van der Waals surface area contributed by atoms with Crippen molar-refractivity contribution in [3.05, 3.63) is 35.4 Å². The number of aromatic nitrogens is 2. The lowest BCUT2D eigenvalue weighted by Gasteiger charge is -2.33. The van der Waals surface area contributed by atoms with Gasteiger partial charge >= 0.3 is 6.18 Å². The second kappa shape index (κ2) is 14.7. The van der Waals surface area contributed by atoms with Gasteiger partial charge in [-0.05, 0) is 82.4 Å². The first-order valence-electron chi connectivity index (χ1n) is 12.4. The average Bonchev–Trinajstić information content (AvgIpc) is 2.84. The molecule has 1 aromatic carbocycles. The number of nitrogens with zero attached hydrogens (tertiary/aromatic N) is 3. The number of carbonyl (C=O) groups excluding carboxylic acids is 1. The molecule has 0 aliphatic carbocycles. The van der Waals surface area contributed by atoms with Crippen LogP contribution < -0.4 is 5.32 Å². The van der Waals surface area contributed by atoms with Gasteiger partial charge in [-0.25, -0.2) is 0 Å². The topological polar surface area (TPSA) is 87.6 Å². The summed E-state index contributed by atoms with van der Waals surface area (Å²) in [5.74, 6) is 0.129. The second-order valence-electron chi connectivity index (χ2n) is 8.87. The van der Waals surface area contributed by atoms with Crippen LogP contribution in [0.3, 0.4) is 0 Å². The Kier molecular flexibility index (Phi) is 12.1. The summed E-state index contributed by atoms with van der Waals surface area (Å²) in [6.07, 6.45) is 2.24. The molecule has 36 heavy (non-hydrogen) atoms. The van der Waals surface area contributed by atoms with Crippen LogP contribution in [0.5, 0.6) is 5.75 Å². The zero-order valence-electron chi connectivity index (χ0n) is 21.3. The van der Waals surface area contributed by atoms with E-state index in [9.17, 15) is 23.1 Å². The van der Waals surface area contributed by atoms with Crippen LogP contribution in [-0.2, 0) is 15.7 Å². The molecule has 2 heterocycles. The number of aldehydes is 1. The fraction of sp³-hybridized carbons (Fsp3) is 0.577. The van der Waals surface area contributed by atoms with E-state index in [1.54, 1.807) is 20.1 Å². The number of hydrogen-bond donors (Lipinski definition) is 2. The lowest BCUT2D eigenvalue weighted by Crippen LogP contribution is -2.42. The van der Waals surface area contributed by atoms with Gasteiger partial charge in [-0.15, -0.1) is 10.2 Å². The van der Waals surface area contributed by atoms with Crippen LogP contribution >= 0.6 is 0 Å². The quantitative estimate of drug-likeness (QED) is 0.324. The summed E-state index contributed by atoms with van der Waals surface area (Å²) in [6.45, 7) is 7.53. The van der Waals surface area contributed by atoms with Crippen LogP contribution in [0, 0.1) is 6.92 Å². The molecule has 1 aromatic heterocycles. The number of benzene rings is 1. The van der Waals surface area contributed by atoms with Crippen molar-refractivity contribution in [1.82, 2.24) is 15.1 Å². The van der Waals surface area contributed by atoms with Crippen molar-refractivity contribution in [1.29, 1.82) is 0 Å². The highest BCUT2D eigenvalue weighted by Crippen LogP contribution is 2.36. The number of methoxy groups -OCH3 is 1. The van der Waals surface area contributed by atoms with Gasteiger partial charge in [-0.1, -0.05) is 6.42 Å². The van der Waals surface area contributed by atoms with E-state index in [0.717, 1.165) is 70.7 Å². The third-order valence-electron chi connectivity index (χ3n) is 6.01. The SMILES string of the molecule is CCOC.Cc1cc(NC2CCCN(CCCCCC=O)C2)nnc1-c1ccc(C(F)(F)F)cc1O. The van der Waals surface area contributed by atoms with E-state index in [4.69, 9.17) is 0 Å². The highest BCUT2D eigenvalue weighted by atomic mass is 19.4. The number of aromatic hydroxyl groups is 1. The number of phenolic OH excluding ortho intramolecular Hbond substituents is 1. The number of carbonyl (C=O) groups is 1. The summed E-state index contributed by atoms with van der Waals surface area (Å²) in [5.41, 5.74) is 0.365. The Labute approximate surface area is 211 Å². The molecule has 10 heteroatoms. The number of phenols is 1. The van der Waals surface area contributed by atoms with E-state index in [1.165, 1.54) is 6.07 Å². The molecule has 3 rings (SSSR count). The highest BCUT2D eigenvalue weighted by Gasteiger charge is 2.31. The summed E-state index contributed by atoms with van der Waals surface area (Å²) in [5, 5.41) is 21.9. The van der Waals surface area contributed by atoms with Crippen molar-refractivity contribution in [2.24, 2.45) is 0 Å². The minimum Gasteiger partial charge on any atom is -0.507 e. The van der Waals surface area contributed by atoms with Gasteiger partial charge in [-0.2, -0.15) is 13.2 Å². The molecule has 1 atom stereocenters. The minimum absolute atomic E-state index is 0.216. The molecule has 1 saturated heterocycles. The van der Waals surface area contributed by atoms with E-state index in [-0.39, 0.29) is 11.6 Å². The number of halogens is 3. The molecule has 1 unspecified atom stereocenters. The molecule has 0 radical (unpaired) electrons. The van der Waals surface area contributed by atoms with Crippen molar-refractivity contribution < 1.29 is 27.8 Å². The van der Waals surface area contributed by atoms with Crippen LogP contribution in [0.4, 0.5) is 19.0 Å². The normalized spacial score (nSPS) is 16.2. The maximum Gasteiger partial charge on any atom is 0.416 e. The van der Waals surface area contributed by atoms with Crippen LogP contribution in [0.1, 0.15) is 56.6 Å². The number of ether oxygens (including phenoxy) is 1. The predicted octanol–water partition coefficient (Wildman–Crippen LogP) is 5.46. The van der Waals surface area contributed by atoms with Gasteiger partial charge < -0.3 is 24.9 Å². The highest BCUT2D eigenvalue weighted by molar-refractivity contribution is 5.70. The van der Waals surface area contributed by atoms with Gasteiger partial charge in [0.1, 0.15) is 17.9 Å². The second-order valence-corrected chi connectivity index (χ2v) is 8.87. The van der Waals surface area contributed by atoms with Crippen molar-refractivity contribution in [2.45, 2.75) is 64.6 Å². The van der Waals surface area contributed by atoms with Crippen LogP contribution in [0.2, 0.25) is 0 Å². The largest absolute Gasteiger partial charge is 0.507 e. The zero-order valence-corrected chi connectivity index (χ0v) is 21.3. The lowest BCUT2D eigenvalue weighted by molar-refractivity contribution is -0.137. The number of aryl methyl sites for hydroxylation is 1. The maximum atomic E-state index is 12.8. The molecule has 7 nitrogen and oxygen atoms in total. The fourth-order valence-corrected chi connectivity index (χ4v) is 4.06. The molecule has 1 fully saturated rings. The zero-order chi connectivity index (χ0) is 26.6. The summed E-state index contributed by atoms with van der Waals surface area (Å²) in [6, 6.07) is 4.89. The molecular formula is C26H37F3N4O3. The third-order valence-corrected chi connectivity index (χ3v) is 6.01. The maximum absolute atomic E-state index is 12.8. The molecule has 0 bridgehead atoms. The Morgan fingerprint density at radius 3 is 2.58 bits per heavy atom.